The normalized spacial score (nSPS) is 14.9. The maximum absolute atomic E-state index is 5.40. The maximum Gasteiger partial charge on any atom is 0.227 e. The van der Waals surface area contributed by atoms with Gasteiger partial charge in [0.2, 0.25) is 5.95 Å². The van der Waals surface area contributed by atoms with Crippen molar-refractivity contribution in [2.45, 2.75) is 6.92 Å². The molecule has 0 radical (unpaired) electrons. The number of benzene rings is 2. The summed E-state index contributed by atoms with van der Waals surface area (Å²) >= 11 is 0. The highest BCUT2D eigenvalue weighted by atomic mass is 16.5. The van der Waals surface area contributed by atoms with Crippen molar-refractivity contribution >= 4 is 33.9 Å². The lowest BCUT2D eigenvalue weighted by Crippen LogP contribution is -2.44. The summed E-state index contributed by atoms with van der Waals surface area (Å²) in [6.07, 6.45) is 1.84. The quantitative estimate of drug-likeness (QED) is 0.471. The zero-order chi connectivity index (χ0) is 20.1. The molecule has 4 rings (SSSR count). The van der Waals surface area contributed by atoms with Crippen molar-refractivity contribution in [2.75, 3.05) is 62.1 Å². The van der Waals surface area contributed by atoms with Gasteiger partial charge in [-0.2, -0.15) is 0 Å². The van der Waals surface area contributed by atoms with Gasteiger partial charge in [-0.25, -0.2) is 9.97 Å². The summed E-state index contributed by atoms with van der Waals surface area (Å²) in [6, 6.07) is 14.5. The van der Waals surface area contributed by atoms with Gasteiger partial charge in [-0.15, -0.1) is 0 Å². The third-order valence-corrected chi connectivity index (χ3v) is 5.17. The second-order valence-corrected chi connectivity index (χ2v) is 7.21. The van der Waals surface area contributed by atoms with Crippen molar-refractivity contribution in [3.8, 4) is 0 Å². The molecule has 0 atom stereocenters. The van der Waals surface area contributed by atoms with E-state index in [0.29, 0.717) is 19.3 Å². The number of likely N-dealkylation sites (N-methyl/N-ethyl adjacent to an activating group) is 1. The lowest BCUT2D eigenvalue weighted by Gasteiger charge is -2.34. The van der Waals surface area contributed by atoms with Crippen LogP contribution in [0.15, 0.2) is 48.7 Å². The molecular weight excluding hydrogens is 364 g/mol. The molecule has 1 aromatic heterocycles. The Morgan fingerprint density at radius 3 is 2.59 bits per heavy atom. The molecule has 29 heavy (non-hydrogen) atoms. The Labute approximate surface area is 171 Å². The summed E-state index contributed by atoms with van der Waals surface area (Å²) in [5.74, 6) is 0.579. The number of piperazine rings is 1. The van der Waals surface area contributed by atoms with Crippen LogP contribution in [0.25, 0.3) is 10.9 Å². The standard InChI is InChI=1S/C22H28N6O/c1-3-29-16-24-20-6-4-5-17-15-23-22(26-21(17)20)25-18-7-9-19(10-8-18)28-13-11-27(2)12-14-28/h4-10,15,24H,3,11-14,16H2,1-2H3,(H,23,25,26). The second kappa shape index (κ2) is 9.07. The predicted octanol–water partition coefficient (Wildman–Crippen LogP) is 3.53. The maximum atomic E-state index is 5.40. The fraction of sp³-hybridized carbons (Fsp3) is 0.364. The molecule has 0 aliphatic carbocycles. The first-order valence-electron chi connectivity index (χ1n) is 10.1. The summed E-state index contributed by atoms with van der Waals surface area (Å²) in [7, 11) is 2.17. The SMILES string of the molecule is CCOCNc1cccc2cnc(Nc3ccc(N4CCN(C)CC4)cc3)nc12. The molecule has 1 aliphatic rings. The predicted molar refractivity (Wildman–Crippen MR) is 119 cm³/mol. The number of para-hydroxylation sites is 1. The summed E-state index contributed by atoms with van der Waals surface area (Å²) in [6.45, 7) is 7.43. The van der Waals surface area contributed by atoms with E-state index in [1.807, 2.05) is 31.3 Å². The molecule has 152 valence electrons. The van der Waals surface area contributed by atoms with Crippen molar-refractivity contribution in [1.82, 2.24) is 14.9 Å². The monoisotopic (exact) mass is 392 g/mol. The van der Waals surface area contributed by atoms with E-state index in [2.05, 4.69) is 56.7 Å². The number of aromatic nitrogens is 2. The van der Waals surface area contributed by atoms with Crippen LogP contribution in [0.1, 0.15) is 6.92 Å². The molecular formula is C22H28N6O. The fourth-order valence-corrected chi connectivity index (χ4v) is 3.44. The van der Waals surface area contributed by atoms with Crippen molar-refractivity contribution in [2.24, 2.45) is 0 Å². The number of anilines is 4. The van der Waals surface area contributed by atoms with E-state index in [1.165, 1.54) is 5.69 Å². The molecule has 1 fully saturated rings. The van der Waals surface area contributed by atoms with Crippen LogP contribution in [0.3, 0.4) is 0 Å². The van der Waals surface area contributed by atoms with Crippen molar-refractivity contribution in [3.05, 3.63) is 48.7 Å². The summed E-state index contributed by atoms with van der Waals surface area (Å²) in [4.78, 5) is 14.0. The van der Waals surface area contributed by atoms with Gasteiger partial charge in [0.25, 0.3) is 0 Å². The third-order valence-electron chi connectivity index (χ3n) is 5.17. The average Bonchev–Trinajstić information content (AvgIpc) is 2.75. The highest BCUT2D eigenvalue weighted by Gasteiger charge is 2.14. The first-order chi connectivity index (χ1) is 14.2. The third kappa shape index (κ3) is 4.75. The van der Waals surface area contributed by atoms with E-state index in [4.69, 9.17) is 9.72 Å². The summed E-state index contributed by atoms with van der Waals surface area (Å²) < 4.78 is 5.40. The lowest BCUT2D eigenvalue weighted by molar-refractivity contribution is 0.167. The zero-order valence-corrected chi connectivity index (χ0v) is 17.1. The minimum Gasteiger partial charge on any atom is -0.369 e. The van der Waals surface area contributed by atoms with Gasteiger partial charge in [0.05, 0.1) is 11.2 Å². The van der Waals surface area contributed by atoms with Crippen LogP contribution < -0.4 is 15.5 Å². The number of nitrogens with zero attached hydrogens (tertiary/aromatic N) is 4. The van der Waals surface area contributed by atoms with Gasteiger partial charge in [-0.1, -0.05) is 12.1 Å². The molecule has 2 N–H and O–H groups in total. The molecule has 0 unspecified atom stereocenters. The van der Waals surface area contributed by atoms with Crippen molar-refractivity contribution in [3.63, 3.8) is 0 Å². The van der Waals surface area contributed by atoms with Crippen LogP contribution in [0.5, 0.6) is 0 Å². The van der Waals surface area contributed by atoms with Crippen LogP contribution in [-0.2, 0) is 4.74 Å². The number of fused-ring (bicyclic) bond motifs is 1. The fourth-order valence-electron chi connectivity index (χ4n) is 3.44. The van der Waals surface area contributed by atoms with Crippen LogP contribution >= 0.6 is 0 Å². The van der Waals surface area contributed by atoms with Gasteiger partial charge in [-0.3, -0.25) is 0 Å². The van der Waals surface area contributed by atoms with E-state index < -0.39 is 0 Å². The van der Waals surface area contributed by atoms with Gasteiger partial charge in [-0.05, 0) is 44.3 Å². The van der Waals surface area contributed by atoms with Crippen molar-refractivity contribution in [1.29, 1.82) is 0 Å². The Hall–Kier alpha value is -2.90. The Morgan fingerprint density at radius 2 is 1.83 bits per heavy atom. The topological polar surface area (TPSA) is 65.6 Å². The minimum absolute atomic E-state index is 0.454. The molecule has 1 saturated heterocycles. The molecule has 0 spiro atoms. The highest BCUT2D eigenvalue weighted by Crippen LogP contribution is 2.24. The number of ether oxygens (including phenoxy) is 1. The molecule has 0 amide bonds. The van der Waals surface area contributed by atoms with E-state index in [0.717, 1.165) is 48.5 Å². The Balaban J connectivity index is 1.48. The zero-order valence-electron chi connectivity index (χ0n) is 17.1. The molecule has 7 nitrogen and oxygen atoms in total. The van der Waals surface area contributed by atoms with Crippen LogP contribution in [0.4, 0.5) is 23.0 Å². The molecule has 7 heteroatoms. The second-order valence-electron chi connectivity index (χ2n) is 7.21. The number of rotatable bonds is 7. The van der Waals surface area contributed by atoms with E-state index in [9.17, 15) is 0 Å². The first-order valence-corrected chi connectivity index (χ1v) is 10.1. The van der Waals surface area contributed by atoms with E-state index >= 15 is 0 Å². The number of nitrogens with one attached hydrogen (secondary N) is 2. The van der Waals surface area contributed by atoms with Gasteiger partial charge >= 0.3 is 0 Å². The Morgan fingerprint density at radius 1 is 1.03 bits per heavy atom. The Kier molecular flexibility index (Phi) is 6.07. The minimum atomic E-state index is 0.454. The largest absolute Gasteiger partial charge is 0.369 e. The highest BCUT2D eigenvalue weighted by molar-refractivity contribution is 5.90. The lowest BCUT2D eigenvalue weighted by atomic mass is 10.2. The van der Waals surface area contributed by atoms with Gasteiger partial charge < -0.3 is 25.2 Å². The van der Waals surface area contributed by atoms with Gasteiger partial charge in [0.1, 0.15) is 6.73 Å². The molecule has 1 aliphatic heterocycles. The number of hydrogen-bond donors (Lipinski definition) is 2. The van der Waals surface area contributed by atoms with Crippen molar-refractivity contribution < 1.29 is 4.74 Å². The molecule has 3 aromatic rings. The molecule has 2 heterocycles. The number of hydrogen-bond acceptors (Lipinski definition) is 7. The molecule has 0 bridgehead atoms. The molecule has 0 saturated carbocycles. The smallest absolute Gasteiger partial charge is 0.227 e. The van der Waals surface area contributed by atoms with E-state index in [1.54, 1.807) is 0 Å². The summed E-state index contributed by atoms with van der Waals surface area (Å²) in [5, 5.41) is 7.59. The first kappa shape index (κ1) is 19.4. The molecule has 2 aromatic carbocycles. The van der Waals surface area contributed by atoms with E-state index in [-0.39, 0.29) is 0 Å². The van der Waals surface area contributed by atoms with Gasteiger partial charge in [0.15, 0.2) is 0 Å². The average molecular weight is 393 g/mol. The van der Waals surface area contributed by atoms with Crippen LogP contribution in [0, 0.1) is 0 Å². The van der Waals surface area contributed by atoms with Crippen LogP contribution in [0.2, 0.25) is 0 Å². The Bertz CT molecular complexity index is 938. The summed E-state index contributed by atoms with van der Waals surface area (Å²) in [5.41, 5.74) is 4.04. The van der Waals surface area contributed by atoms with Crippen LogP contribution in [-0.4, -0.2) is 61.4 Å². The van der Waals surface area contributed by atoms with Gasteiger partial charge in [0, 0.05) is 55.7 Å².